The van der Waals surface area contributed by atoms with Crippen LogP contribution >= 0.6 is 11.3 Å². The van der Waals surface area contributed by atoms with Gasteiger partial charge in [-0.15, -0.1) is 11.3 Å². The lowest BCUT2D eigenvalue weighted by Gasteiger charge is -1.98. The third kappa shape index (κ3) is 2.51. The Kier molecular flexibility index (Phi) is 3.29. The molecule has 0 aliphatic heterocycles. The molecule has 1 fully saturated rings. The number of nitrogens with zero attached hydrogens (tertiary/aromatic N) is 3. The van der Waals surface area contributed by atoms with Crippen molar-refractivity contribution in [2.24, 2.45) is 5.16 Å². The summed E-state index contributed by atoms with van der Waals surface area (Å²) in [4.78, 5) is 15.0. The summed E-state index contributed by atoms with van der Waals surface area (Å²) >= 11 is 1.67. The molecule has 2 aromatic heterocycles. The maximum atomic E-state index is 4.88. The summed E-state index contributed by atoms with van der Waals surface area (Å²) in [6.45, 7) is 1.97. The van der Waals surface area contributed by atoms with Crippen LogP contribution in [0.25, 0.3) is 10.6 Å². The minimum absolute atomic E-state index is 0.596. The van der Waals surface area contributed by atoms with Gasteiger partial charge in [0, 0.05) is 23.9 Å². The van der Waals surface area contributed by atoms with Crippen LogP contribution in [0.5, 0.6) is 0 Å². The van der Waals surface area contributed by atoms with Gasteiger partial charge in [-0.2, -0.15) is 0 Å². The molecule has 0 bridgehead atoms. The van der Waals surface area contributed by atoms with E-state index in [0.717, 1.165) is 21.2 Å². The van der Waals surface area contributed by atoms with Crippen LogP contribution in [-0.2, 0) is 4.84 Å². The zero-order chi connectivity index (χ0) is 13.2. The summed E-state index contributed by atoms with van der Waals surface area (Å²) < 4.78 is 0. The third-order valence-corrected chi connectivity index (χ3v) is 4.31. The van der Waals surface area contributed by atoms with Crippen molar-refractivity contribution >= 4 is 17.0 Å². The van der Waals surface area contributed by atoms with E-state index in [0.29, 0.717) is 5.92 Å². The van der Waals surface area contributed by atoms with Gasteiger partial charge in [0.25, 0.3) is 0 Å². The van der Waals surface area contributed by atoms with Crippen molar-refractivity contribution in [1.29, 1.82) is 0 Å². The van der Waals surface area contributed by atoms with Gasteiger partial charge in [-0.05, 0) is 31.9 Å². The number of thiazole rings is 1. The molecule has 1 aliphatic carbocycles. The highest BCUT2D eigenvalue weighted by Crippen LogP contribution is 2.44. The largest absolute Gasteiger partial charge is 0.399 e. The lowest BCUT2D eigenvalue weighted by molar-refractivity contribution is 0.213. The van der Waals surface area contributed by atoms with E-state index in [2.05, 4.69) is 10.1 Å². The van der Waals surface area contributed by atoms with Crippen LogP contribution in [0.3, 0.4) is 0 Å². The van der Waals surface area contributed by atoms with E-state index in [4.69, 9.17) is 9.82 Å². The SMILES string of the molecule is CO/N=C(\C)c1sc(-c2cccnc2)nc1C1CC1. The molecule has 4 nitrogen and oxygen atoms in total. The van der Waals surface area contributed by atoms with Gasteiger partial charge in [0.1, 0.15) is 12.1 Å². The molecule has 0 atom stereocenters. The number of rotatable bonds is 4. The zero-order valence-electron chi connectivity index (χ0n) is 11.0. The Morgan fingerprint density at radius 1 is 1.47 bits per heavy atom. The van der Waals surface area contributed by atoms with Crippen molar-refractivity contribution in [1.82, 2.24) is 9.97 Å². The van der Waals surface area contributed by atoms with Gasteiger partial charge in [0.05, 0.1) is 16.3 Å². The predicted molar refractivity (Wildman–Crippen MR) is 76.5 cm³/mol. The number of oxime groups is 1. The summed E-state index contributed by atoms with van der Waals surface area (Å²) in [7, 11) is 1.57. The number of hydrogen-bond donors (Lipinski definition) is 0. The second-order valence-electron chi connectivity index (χ2n) is 4.61. The molecule has 2 heterocycles. The first-order chi connectivity index (χ1) is 9.29. The summed E-state index contributed by atoms with van der Waals surface area (Å²) in [6.07, 6.45) is 6.08. The van der Waals surface area contributed by atoms with Crippen LogP contribution in [0.4, 0.5) is 0 Å². The van der Waals surface area contributed by atoms with E-state index in [1.165, 1.54) is 18.5 Å². The van der Waals surface area contributed by atoms with E-state index >= 15 is 0 Å². The van der Waals surface area contributed by atoms with Crippen molar-refractivity contribution in [3.63, 3.8) is 0 Å². The molecule has 0 unspecified atom stereocenters. The van der Waals surface area contributed by atoms with Crippen LogP contribution in [0, 0.1) is 0 Å². The molecule has 3 rings (SSSR count). The quantitative estimate of drug-likeness (QED) is 0.633. The first kappa shape index (κ1) is 12.3. The first-order valence-corrected chi connectivity index (χ1v) is 7.10. The molecule has 5 heteroatoms. The molecular formula is C14H15N3OS. The monoisotopic (exact) mass is 273 g/mol. The summed E-state index contributed by atoms with van der Waals surface area (Å²) in [5.41, 5.74) is 3.13. The summed E-state index contributed by atoms with van der Waals surface area (Å²) in [6, 6.07) is 3.97. The topological polar surface area (TPSA) is 47.4 Å². The van der Waals surface area contributed by atoms with E-state index in [9.17, 15) is 0 Å². The van der Waals surface area contributed by atoms with Gasteiger partial charge in [0.2, 0.25) is 0 Å². The van der Waals surface area contributed by atoms with Crippen LogP contribution in [0.1, 0.15) is 36.3 Å². The van der Waals surface area contributed by atoms with E-state index in [1.807, 2.05) is 25.3 Å². The molecule has 0 N–H and O–H groups in total. The fraction of sp³-hybridized carbons (Fsp3) is 0.357. The van der Waals surface area contributed by atoms with Gasteiger partial charge in [-0.3, -0.25) is 4.98 Å². The average Bonchev–Trinajstić information content (AvgIpc) is 3.19. The highest BCUT2D eigenvalue weighted by Gasteiger charge is 2.30. The van der Waals surface area contributed by atoms with Gasteiger partial charge in [-0.1, -0.05) is 5.16 Å². The minimum Gasteiger partial charge on any atom is -0.399 e. The molecule has 2 aromatic rings. The first-order valence-electron chi connectivity index (χ1n) is 6.29. The minimum atomic E-state index is 0.596. The van der Waals surface area contributed by atoms with Crippen LogP contribution in [0.2, 0.25) is 0 Å². The normalized spacial score (nSPS) is 15.6. The van der Waals surface area contributed by atoms with Crippen molar-refractivity contribution in [2.75, 3.05) is 7.11 Å². The lowest BCUT2D eigenvalue weighted by Crippen LogP contribution is -1.96. The number of aromatic nitrogens is 2. The molecule has 98 valence electrons. The van der Waals surface area contributed by atoms with Crippen molar-refractivity contribution < 1.29 is 4.84 Å². The molecular weight excluding hydrogens is 258 g/mol. The Bertz CT molecular complexity index is 602. The maximum Gasteiger partial charge on any atom is 0.125 e. The molecule has 1 saturated carbocycles. The molecule has 0 spiro atoms. The van der Waals surface area contributed by atoms with Crippen LogP contribution in [0.15, 0.2) is 29.7 Å². The number of hydrogen-bond acceptors (Lipinski definition) is 5. The maximum absolute atomic E-state index is 4.88. The smallest absolute Gasteiger partial charge is 0.125 e. The van der Waals surface area contributed by atoms with Crippen LogP contribution in [-0.4, -0.2) is 22.8 Å². The van der Waals surface area contributed by atoms with Crippen LogP contribution < -0.4 is 0 Å². The molecule has 19 heavy (non-hydrogen) atoms. The van der Waals surface area contributed by atoms with Gasteiger partial charge in [0.15, 0.2) is 0 Å². The Balaban J connectivity index is 2.04. The second-order valence-corrected chi connectivity index (χ2v) is 5.61. The molecule has 0 radical (unpaired) electrons. The Hall–Kier alpha value is -1.75. The Labute approximate surface area is 116 Å². The van der Waals surface area contributed by atoms with Crippen molar-refractivity contribution in [3.8, 4) is 10.6 Å². The van der Waals surface area contributed by atoms with Crippen molar-refractivity contribution in [3.05, 3.63) is 35.1 Å². The van der Waals surface area contributed by atoms with E-state index < -0.39 is 0 Å². The molecule has 0 aromatic carbocycles. The van der Waals surface area contributed by atoms with Gasteiger partial charge in [-0.25, -0.2) is 4.98 Å². The predicted octanol–water partition coefficient (Wildman–Crippen LogP) is 3.45. The lowest BCUT2D eigenvalue weighted by atomic mass is 10.2. The highest BCUT2D eigenvalue weighted by molar-refractivity contribution is 7.17. The van der Waals surface area contributed by atoms with E-state index in [-0.39, 0.29) is 0 Å². The van der Waals surface area contributed by atoms with Crippen molar-refractivity contribution in [2.45, 2.75) is 25.7 Å². The summed E-state index contributed by atoms with van der Waals surface area (Å²) in [5.74, 6) is 0.596. The molecule has 1 aliphatic rings. The molecule has 0 amide bonds. The summed E-state index contributed by atoms with van der Waals surface area (Å²) in [5, 5.41) is 5.05. The van der Waals surface area contributed by atoms with Gasteiger partial charge < -0.3 is 4.84 Å². The second kappa shape index (κ2) is 5.09. The fourth-order valence-electron chi connectivity index (χ4n) is 2.02. The van der Waals surface area contributed by atoms with E-state index in [1.54, 1.807) is 24.6 Å². The average molecular weight is 273 g/mol. The Morgan fingerprint density at radius 3 is 2.95 bits per heavy atom. The van der Waals surface area contributed by atoms with Gasteiger partial charge >= 0.3 is 0 Å². The third-order valence-electron chi connectivity index (χ3n) is 3.08. The zero-order valence-corrected chi connectivity index (χ0v) is 11.8. The fourth-order valence-corrected chi connectivity index (χ4v) is 3.09. The highest BCUT2D eigenvalue weighted by atomic mass is 32.1. The number of pyridine rings is 1. The Morgan fingerprint density at radius 2 is 2.32 bits per heavy atom. The standard InChI is InChI=1S/C14H15N3OS/c1-9(17-18-2)13-12(10-5-6-10)16-14(19-13)11-4-3-7-15-8-11/h3-4,7-8,10H,5-6H2,1-2H3/b17-9+. The molecule has 0 saturated heterocycles.